The summed E-state index contributed by atoms with van der Waals surface area (Å²) >= 11 is 3.45. The molecule has 0 saturated heterocycles. The zero-order chi connectivity index (χ0) is 28.7. The second-order valence-electron chi connectivity index (χ2n) is 11.0. The molecule has 0 aliphatic heterocycles. The molecule has 10 heteroatoms. The number of ether oxygens (including phenoxy) is 1. The summed E-state index contributed by atoms with van der Waals surface area (Å²) in [5, 5.41) is 2.83. The molecule has 208 valence electrons. The third-order valence-electron chi connectivity index (χ3n) is 6.66. The van der Waals surface area contributed by atoms with Crippen molar-refractivity contribution >= 4 is 48.0 Å². The number of imidazole rings is 1. The molecule has 0 radical (unpaired) electrons. The fraction of sp³-hybridized carbons (Fsp3) is 0.500. The van der Waals surface area contributed by atoms with Crippen molar-refractivity contribution in [2.75, 3.05) is 7.11 Å². The summed E-state index contributed by atoms with van der Waals surface area (Å²) in [7, 11) is -0.901. The summed E-state index contributed by atoms with van der Waals surface area (Å²) in [5.41, 5.74) is 1.59. The minimum Gasteiger partial charge on any atom is -0.469 e. The van der Waals surface area contributed by atoms with E-state index in [0.717, 1.165) is 5.56 Å². The third-order valence-corrected chi connectivity index (χ3v) is 11.8. The highest BCUT2D eigenvalue weighted by Gasteiger charge is 2.40. The fourth-order valence-corrected chi connectivity index (χ4v) is 5.43. The maximum atomic E-state index is 13.0. The smallest absolute Gasteiger partial charge is 0.308 e. The van der Waals surface area contributed by atoms with Gasteiger partial charge in [-0.3, -0.25) is 14.4 Å². The number of carbonyl (C=O) groups is 3. The lowest BCUT2D eigenvalue weighted by Gasteiger charge is -2.39. The lowest BCUT2D eigenvalue weighted by molar-refractivity contribution is -0.142. The summed E-state index contributed by atoms with van der Waals surface area (Å²) in [6, 6.07) is 9.54. The number of rotatable bonds is 12. The van der Waals surface area contributed by atoms with Crippen LogP contribution >= 0.6 is 15.9 Å². The second-order valence-corrected chi connectivity index (χ2v) is 16.5. The van der Waals surface area contributed by atoms with Crippen molar-refractivity contribution in [3.8, 4) is 0 Å². The van der Waals surface area contributed by atoms with Gasteiger partial charge in [0.1, 0.15) is 4.60 Å². The maximum Gasteiger partial charge on any atom is 0.308 e. The van der Waals surface area contributed by atoms with Gasteiger partial charge in [0.25, 0.3) is 5.91 Å². The van der Waals surface area contributed by atoms with Gasteiger partial charge in [-0.25, -0.2) is 4.98 Å². The topological polar surface area (TPSA) is 99.5 Å². The first-order valence-corrected chi connectivity index (χ1v) is 16.4. The van der Waals surface area contributed by atoms with Gasteiger partial charge in [0.2, 0.25) is 5.82 Å². The van der Waals surface area contributed by atoms with E-state index in [1.165, 1.54) is 13.2 Å². The van der Waals surface area contributed by atoms with Gasteiger partial charge in [-0.15, -0.1) is 0 Å². The first-order chi connectivity index (χ1) is 17.7. The number of hydrogen-bond acceptors (Lipinski definition) is 6. The van der Waals surface area contributed by atoms with Gasteiger partial charge in [-0.2, -0.15) is 0 Å². The molecule has 1 atom stereocenters. The van der Waals surface area contributed by atoms with Crippen LogP contribution in [0.2, 0.25) is 18.1 Å². The van der Waals surface area contributed by atoms with Crippen LogP contribution in [0.4, 0.5) is 0 Å². The van der Waals surface area contributed by atoms with Gasteiger partial charge in [-0.1, -0.05) is 51.1 Å². The van der Waals surface area contributed by atoms with Crippen molar-refractivity contribution in [1.82, 2.24) is 14.9 Å². The third kappa shape index (κ3) is 8.74. The molecule has 0 aliphatic rings. The van der Waals surface area contributed by atoms with E-state index in [0.29, 0.717) is 16.8 Å². The molecule has 0 spiro atoms. The SMILES string of the molecule is COC(=O)C[C@@H](CC(=O)C=Cc1c(Br)nc(C(=O)NCc2ccccc2)n1C(C)C)O[Si](C)(C)C(C)(C)C. The zero-order valence-electron chi connectivity index (χ0n) is 23.6. The predicted molar refractivity (Wildman–Crippen MR) is 155 cm³/mol. The van der Waals surface area contributed by atoms with Crippen molar-refractivity contribution in [3.63, 3.8) is 0 Å². The number of aromatic nitrogens is 2. The van der Waals surface area contributed by atoms with Gasteiger partial charge < -0.3 is 19.0 Å². The Labute approximate surface area is 235 Å². The minimum atomic E-state index is -2.23. The number of amides is 1. The van der Waals surface area contributed by atoms with Crippen LogP contribution < -0.4 is 5.32 Å². The average molecular weight is 607 g/mol. The first-order valence-electron chi connectivity index (χ1n) is 12.7. The zero-order valence-corrected chi connectivity index (χ0v) is 26.2. The van der Waals surface area contributed by atoms with E-state index in [1.807, 2.05) is 44.2 Å². The van der Waals surface area contributed by atoms with Crippen LogP contribution in [0.5, 0.6) is 0 Å². The number of nitrogens with zero attached hydrogens (tertiary/aromatic N) is 2. The lowest BCUT2D eigenvalue weighted by Crippen LogP contribution is -2.44. The normalized spacial score (nSPS) is 13.1. The summed E-state index contributed by atoms with van der Waals surface area (Å²) in [5.74, 6) is -0.678. The van der Waals surface area contributed by atoms with Gasteiger partial charge in [0.15, 0.2) is 14.1 Å². The summed E-state index contributed by atoms with van der Waals surface area (Å²) < 4.78 is 13.5. The fourth-order valence-electron chi connectivity index (χ4n) is 3.59. The number of allylic oxidation sites excluding steroid dienone is 1. The second kappa shape index (κ2) is 13.5. The van der Waals surface area contributed by atoms with Gasteiger partial charge >= 0.3 is 5.97 Å². The van der Waals surface area contributed by atoms with E-state index >= 15 is 0 Å². The molecule has 2 rings (SSSR count). The highest BCUT2D eigenvalue weighted by molar-refractivity contribution is 9.10. The quantitative estimate of drug-likeness (QED) is 0.179. The Bertz CT molecular complexity index is 1150. The van der Waals surface area contributed by atoms with Crippen molar-refractivity contribution in [1.29, 1.82) is 0 Å². The Morgan fingerprint density at radius 1 is 1.13 bits per heavy atom. The molecule has 0 saturated carbocycles. The standard InChI is InChI=1S/C28H40BrN3O5Si/c1-19(2)32-23(25(29)31-26(32)27(35)30-18-20-12-10-9-11-13-20)15-14-21(33)16-22(17-24(34)36-6)37-38(7,8)28(3,4)5/h9-15,19,22H,16-18H2,1-8H3,(H,30,35)/t22-/m1/s1. The summed E-state index contributed by atoms with van der Waals surface area (Å²) in [6.07, 6.45) is 2.55. The van der Waals surface area contributed by atoms with E-state index in [-0.39, 0.29) is 41.4 Å². The average Bonchev–Trinajstić information content (AvgIpc) is 3.17. The minimum absolute atomic E-state index is 0.00193. The molecule has 0 unspecified atom stereocenters. The monoisotopic (exact) mass is 605 g/mol. The summed E-state index contributed by atoms with van der Waals surface area (Å²) in [6.45, 7) is 14.8. The van der Waals surface area contributed by atoms with Crippen molar-refractivity contribution < 1.29 is 23.5 Å². The number of benzene rings is 1. The predicted octanol–water partition coefficient (Wildman–Crippen LogP) is 6.08. The molecule has 1 aromatic heterocycles. The maximum absolute atomic E-state index is 13.0. The van der Waals surface area contributed by atoms with Gasteiger partial charge in [0.05, 0.1) is 25.3 Å². The van der Waals surface area contributed by atoms with E-state index in [1.54, 1.807) is 10.6 Å². The molecule has 8 nitrogen and oxygen atoms in total. The number of esters is 1. The van der Waals surface area contributed by atoms with Crippen molar-refractivity contribution in [3.05, 3.63) is 58.1 Å². The molecule has 1 amide bonds. The van der Waals surface area contributed by atoms with Crippen LogP contribution in [0, 0.1) is 0 Å². The van der Waals surface area contributed by atoms with Crippen LogP contribution in [-0.4, -0.2) is 48.7 Å². The van der Waals surface area contributed by atoms with Crippen LogP contribution in [0.25, 0.3) is 6.08 Å². The number of hydrogen-bond donors (Lipinski definition) is 1. The molecule has 2 aromatic rings. The van der Waals surface area contributed by atoms with Crippen molar-refractivity contribution in [2.45, 2.75) is 84.3 Å². The number of nitrogens with one attached hydrogen (secondary N) is 1. The molecule has 0 fully saturated rings. The van der Waals surface area contributed by atoms with Gasteiger partial charge in [0, 0.05) is 19.0 Å². The van der Waals surface area contributed by atoms with E-state index < -0.39 is 20.4 Å². The van der Waals surface area contributed by atoms with Crippen LogP contribution in [-0.2, 0) is 25.3 Å². The van der Waals surface area contributed by atoms with E-state index in [2.05, 4.69) is 60.1 Å². The van der Waals surface area contributed by atoms with Crippen LogP contribution in [0.1, 0.15) is 75.4 Å². The van der Waals surface area contributed by atoms with Crippen molar-refractivity contribution in [2.24, 2.45) is 0 Å². The van der Waals surface area contributed by atoms with E-state index in [9.17, 15) is 14.4 Å². The first kappa shape index (κ1) is 31.7. The molecule has 1 heterocycles. The Kier molecular flexibility index (Phi) is 11.2. The molecule has 1 aromatic carbocycles. The number of halogens is 1. The molecular weight excluding hydrogens is 566 g/mol. The highest BCUT2D eigenvalue weighted by Crippen LogP contribution is 2.38. The number of ketones is 1. The Morgan fingerprint density at radius 3 is 2.32 bits per heavy atom. The molecule has 0 aliphatic carbocycles. The van der Waals surface area contributed by atoms with Crippen LogP contribution in [0.15, 0.2) is 41.0 Å². The lowest BCUT2D eigenvalue weighted by atomic mass is 10.1. The molecule has 38 heavy (non-hydrogen) atoms. The molecular formula is C28H40BrN3O5Si. The highest BCUT2D eigenvalue weighted by atomic mass is 79.9. The number of methoxy groups -OCH3 is 1. The molecule has 1 N–H and O–H groups in total. The van der Waals surface area contributed by atoms with Gasteiger partial charge in [-0.05, 0) is 65.6 Å². The molecule has 0 bridgehead atoms. The Balaban J connectivity index is 2.23. The Morgan fingerprint density at radius 2 is 1.76 bits per heavy atom. The largest absolute Gasteiger partial charge is 0.469 e. The summed E-state index contributed by atoms with van der Waals surface area (Å²) in [4.78, 5) is 42.4. The number of carbonyl (C=O) groups excluding carboxylic acids is 3. The Hall–Kier alpha value is -2.56. The van der Waals surface area contributed by atoms with E-state index in [4.69, 9.17) is 9.16 Å². The van der Waals surface area contributed by atoms with Crippen LogP contribution in [0.3, 0.4) is 0 Å².